The highest BCUT2D eigenvalue weighted by Crippen LogP contribution is 2.10. The number of aromatic amines is 1. The van der Waals surface area contributed by atoms with Crippen LogP contribution in [0.4, 0.5) is 0 Å². The van der Waals surface area contributed by atoms with E-state index >= 15 is 0 Å². The Morgan fingerprint density at radius 3 is 2.41 bits per heavy atom. The van der Waals surface area contributed by atoms with E-state index in [-0.39, 0.29) is 17.5 Å². The van der Waals surface area contributed by atoms with E-state index in [9.17, 15) is 19.5 Å². The van der Waals surface area contributed by atoms with Gasteiger partial charge in [0, 0.05) is 18.3 Å². The maximum atomic E-state index is 12.1. The number of aliphatic carboxylic acids is 1. The third kappa shape index (κ3) is 3.48. The fraction of sp³-hybridized carbons (Fsp3) is 0.143. The summed E-state index contributed by atoms with van der Waals surface area (Å²) in [6.45, 7) is 0. The minimum Gasteiger partial charge on any atom is -0.480 e. The smallest absolute Gasteiger partial charge is 0.336 e. The molecule has 0 aliphatic rings. The summed E-state index contributed by atoms with van der Waals surface area (Å²) in [4.78, 5) is 41.0. The van der Waals surface area contributed by atoms with Gasteiger partial charge in [0.05, 0.1) is 17.5 Å². The van der Waals surface area contributed by atoms with E-state index in [0.29, 0.717) is 5.69 Å². The van der Waals surface area contributed by atoms with Crippen LogP contribution in [-0.2, 0) is 11.2 Å². The van der Waals surface area contributed by atoms with Crippen LogP contribution in [-0.4, -0.2) is 44.1 Å². The van der Waals surface area contributed by atoms with Gasteiger partial charge in [-0.3, -0.25) is 4.79 Å². The highest BCUT2D eigenvalue weighted by molar-refractivity contribution is 6.05. The summed E-state index contributed by atoms with van der Waals surface area (Å²) in [6, 6.07) is 4.40. The Balaban J connectivity index is 2.18. The second kappa shape index (κ2) is 6.53. The third-order valence-corrected chi connectivity index (χ3v) is 2.98. The Bertz CT molecular complexity index is 696. The van der Waals surface area contributed by atoms with E-state index in [4.69, 9.17) is 5.11 Å². The number of H-pyrrole nitrogens is 1. The molecule has 1 aromatic carbocycles. The van der Waals surface area contributed by atoms with E-state index < -0.39 is 23.9 Å². The van der Waals surface area contributed by atoms with Gasteiger partial charge in [0.1, 0.15) is 6.04 Å². The molecule has 1 amide bonds. The molecular formula is C14H13N3O5. The van der Waals surface area contributed by atoms with Gasteiger partial charge >= 0.3 is 11.9 Å². The average molecular weight is 303 g/mol. The molecule has 8 heteroatoms. The van der Waals surface area contributed by atoms with Crippen molar-refractivity contribution in [3.8, 4) is 0 Å². The molecule has 22 heavy (non-hydrogen) atoms. The fourth-order valence-corrected chi connectivity index (χ4v) is 1.92. The van der Waals surface area contributed by atoms with Gasteiger partial charge in [0.15, 0.2) is 0 Å². The van der Waals surface area contributed by atoms with E-state index in [1.165, 1.54) is 36.8 Å². The number of benzene rings is 1. The first-order valence-corrected chi connectivity index (χ1v) is 6.32. The summed E-state index contributed by atoms with van der Waals surface area (Å²) in [5.41, 5.74) is 0.260. The Morgan fingerprint density at radius 1 is 1.18 bits per heavy atom. The topological polar surface area (TPSA) is 132 Å². The third-order valence-electron chi connectivity index (χ3n) is 2.98. The van der Waals surface area contributed by atoms with Crippen LogP contribution in [0.5, 0.6) is 0 Å². The summed E-state index contributed by atoms with van der Waals surface area (Å²) < 4.78 is 0. The maximum Gasteiger partial charge on any atom is 0.336 e. The Labute approximate surface area is 124 Å². The van der Waals surface area contributed by atoms with Gasteiger partial charge in [-0.05, 0) is 12.1 Å². The molecule has 0 bridgehead atoms. The van der Waals surface area contributed by atoms with Gasteiger partial charge in [-0.1, -0.05) is 12.1 Å². The number of carbonyl (C=O) groups is 3. The zero-order valence-corrected chi connectivity index (χ0v) is 11.3. The molecule has 2 rings (SSSR count). The minimum absolute atomic E-state index is 0.0102. The van der Waals surface area contributed by atoms with Gasteiger partial charge in [0.2, 0.25) is 0 Å². The molecule has 8 nitrogen and oxygen atoms in total. The summed E-state index contributed by atoms with van der Waals surface area (Å²) >= 11 is 0. The molecule has 0 saturated heterocycles. The van der Waals surface area contributed by atoms with Gasteiger partial charge in [-0.15, -0.1) is 0 Å². The number of hydrogen-bond acceptors (Lipinski definition) is 4. The number of nitrogens with zero attached hydrogens (tertiary/aromatic N) is 1. The molecule has 0 saturated carbocycles. The van der Waals surface area contributed by atoms with E-state index in [0.717, 1.165) is 0 Å². The lowest BCUT2D eigenvalue weighted by Crippen LogP contribution is -2.42. The van der Waals surface area contributed by atoms with E-state index in [1.54, 1.807) is 0 Å². The second-order valence-corrected chi connectivity index (χ2v) is 4.50. The number of rotatable bonds is 6. The maximum absolute atomic E-state index is 12.1. The van der Waals surface area contributed by atoms with Crippen LogP contribution < -0.4 is 5.32 Å². The number of imidazole rings is 1. The van der Waals surface area contributed by atoms with Crippen LogP contribution in [0.1, 0.15) is 26.4 Å². The molecule has 4 N–H and O–H groups in total. The van der Waals surface area contributed by atoms with Crippen molar-refractivity contribution in [1.82, 2.24) is 15.3 Å². The largest absolute Gasteiger partial charge is 0.480 e. The lowest BCUT2D eigenvalue weighted by atomic mass is 10.1. The number of carboxylic acids is 2. The number of aromatic nitrogens is 2. The van der Waals surface area contributed by atoms with Crippen molar-refractivity contribution in [2.45, 2.75) is 12.5 Å². The number of nitrogens with one attached hydrogen (secondary N) is 2. The molecule has 1 atom stereocenters. The summed E-state index contributed by atoms with van der Waals surface area (Å²) in [6.07, 6.45) is 2.86. The molecule has 0 aliphatic heterocycles. The zero-order valence-electron chi connectivity index (χ0n) is 11.3. The second-order valence-electron chi connectivity index (χ2n) is 4.50. The summed E-state index contributed by atoms with van der Waals surface area (Å²) in [7, 11) is 0. The fourth-order valence-electron chi connectivity index (χ4n) is 1.92. The van der Waals surface area contributed by atoms with Crippen molar-refractivity contribution in [2.24, 2.45) is 0 Å². The van der Waals surface area contributed by atoms with Gasteiger partial charge in [-0.2, -0.15) is 0 Å². The van der Waals surface area contributed by atoms with Crippen LogP contribution in [0, 0.1) is 0 Å². The van der Waals surface area contributed by atoms with Crippen molar-refractivity contribution in [3.63, 3.8) is 0 Å². The molecule has 0 aliphatic carbocycles. The molecular weight excluding hydrogens is 290 g/mol. The number of amides is 1. The van der Waals surface area contributed by atoms with E-state index in [2.05, 4.69) is 15.3 Å². The van der Waals surface area contributed by atoms with Crippen molar-refractivity contribution in [3.05, 3.63) is 53.6 Å². The van der Waals surface area contributed by atoms with Crippen molar-refractivity contribution in [2.75, 3.05) is 0 Å². The van der Waals surface area contributed by atoms with Gasteiger partial charge in [0.25, 0.3) is 5.91 Å². The van der Waals surface area contributed by atoms with Gasteiger partial charge in [-0.25, -0.2) is 14.6 Å². The number of carboxylic acid groups (broad SMARTS) is 2. The molecule has 0 spiro atoms. The summed E-state index contributed by atoms with van der Waals surface area (Å²) in [5, 5.41) is 20.6. The van der Waals surface area contributed by atoms with Crippen molar-refractivity contribution >= 4 is 17.8 Å². The van der Waals surface area contributed by atoms with Crippen LogP contribution in [0.25, 0.3) is 0 Å². The normalized spacial score (nSPS) is 11.6. The Kier molecular flexibility index (Phi) is 4.52. The van der Waals surface area contributed by atoms with Crippen molar-refractivity contribution in [1.29, 1.82) is 0 Å². The lowest BCUT2D eigenvalue weighted by molar-refractivity contribution is -0.139. The van der Waals surface area contributed by atoms with Crippen molar-refractivity contribution < 1.29 is 24.6 Å². The molecule has 114 valence electrons. The van der Waals surface area contributed by atoms with E-state index in [1.807, 2.05) is 0 Å². The van der Waals surface area contributed by atoms with Crippen LogP contribution in [0.2, 0.25) is 0 Å². The average Bonchev–Trinajstić information content (AvgIpc) is 2.99. The molecule has 0 unspecified atom stereocenters. The van der Waals surface area contributed by atoms with Crippen LogP contribution >= 0.6 is 0 Å². The molecule has 1 heterocycles. The first-order chi connectivity index (χ1) is 10.5. The molecule has 0 radical (unpaired) electrons. The first kappa shape index (κ1) is 15.2. The SMILES string of the molecule is O=C(O)c1ccccc1C(=O)N[C@@H](Cc1cnc[nH]1)C(=O)O. The van der Waals surface area contributed by atoms with Crippen LogP contribution in [0.3, 0.4) is 0 Å². The number of hydrogen-bond donors (Lipinski definition) is 4. The zero-order chi connectivity index (χ0) is 16.1. The first-order valence-electron chi connectivity index (χ1n) is 6.32. The van der Waals surface area contributed by atoms with Crippen LogP contribution in [0.15, 0.2) is 36.8 Å². The quantitative estimate of drug-likeness (QED) is 0.615. The molecule has 2 aromatic rings. The minimum atomic E-state index is -1.26. The highest BCUT2D eigenvalue weighted by atomic mass is 16.4. The predicted octanol–water partition coefficient (Wildman–Crippen LogP) is 0.534. The Hall–Kier alpha value is -3.16. The predicted molar refractivity (Wildman–Crippen MR) is 74.6 cm³/mol. The standard InChI is InChI=1S/C14H13N3O5/c18-12(9-3-1-2-4-10(9)13(19)20)17-11(14(21)22)5-8-6-15-7-16-8/h1-4,6-7,11H,5H2,(H,15,16)(H,17,18)(H,19,20)(H,21,22)/t11-/m0/s1. The lowest BCUT2D eigenvalue weighted by Gasteiger charge is -2.14. The monoisotopic (exact) mass is 303 g/mol. The van der Waals surface area contributed by atoms with Gasteiger partial charge < -0.3 is 20.5 Å². The summed E-state index contributed by atoms with van der Waals surface area (Å²) in [5.74, 6) is -3.24. The Morgan fingerprint density at radius 2 is 1.86 bits per heavy atom. The number of aromatic carboxylic acids is 1. The number of carbonyl (C=O) groups excluding carboxylic acids is 1. The highest BCUT2D eigenvalue weighted by Gasteiger charge is 2.24. The molecule has 1 aromatic heterocycles. The molecule has 0 fully saturated rings.